The number of hydrogen-bond acceptors (Lipinski definition) is 0. The van der Waals surface area contributed by atoms with E-state index < -0.39 is 0 Å². The minimum absolute atomic E-state index is 1.14. The van der Waals surface area contributed by atoms with Crippen molar-refractivity contribution in [1.29, 1.82) is 0 Å². The third-order valence-electron chi connectivity index (χ3n) is 13.0. The van der Waals surface area contributed by atoms with E-state index in [9.17, 15) is 0 Å². The molecule has 0 spiro atoms. The van der Waals surface area contributed by atoms with Crippen LogP contribution in [0.5, 0.6) is 0 Å². The van der Waals surface area contributed by atoms with Gasteiger partial charge in [-0.25, -0.2) is 0 Å². The van der Waals surface area contributed by atoms with E-state index in [1.807, 2.05) is 0 Å². The Morgan fingerprint density at radius 2 is 0.635 bits per heavy atom. The molecule has 0 saturated heterocycles. The van der Waals surface area contributed by atoms with Gasteiger partial charge in [-0.15, -0.1) is 0 Å². The molecule has 0 fully saturated rings. The van der Waals surface area contributed by atoms with E-state index in [1.165, 1.54) is 98.8 Å². The Kier molecular flexibility index (Phi) is 7.91. The van der Waals surface area contributed by atoms with Crippen LogP contribution in [-0.2, 0) is 0 Å². The molecule has 0 N–H and O–H groups in total. The minimum atomic E-state index is 1.14. The molecule has 13 aromatic rings. The Morgan fingerprint density at radius 1 is 0.206 bits per heavy atom. The second-order valence-electron chi connectivity index (χ2n) is 16.5. The van der Waals surface area contributed by atoms with E-state index in [2.05, 4.69) is 250 Å². The molecule has 0 bridgehead atoms. The van der Waals surface area contributed by atoms with Crippen LogP contribution in [0.15, 0.2) is 237 Å². The average molecular weight is 802 g/mol. The topological polar surface area (TPSA) is 14.8 Å². The molecular formula is C60H39N3. The van der Waals surface area contributed by atoms with Crippen molar-refractivity contribution in [3.8, 4) is 50.4 Å². The lowest BCUT2D eigenvalue weighted by molar-refractivity contribution is 1.17. The number of aromatic nitrogens is 3. The fraction of sp³-hybridized carbons (Fsp3) is 0. The Labute approximate surface area is 364 Å². The Balaban J connectivity index is 1.03. The zero-order valence-electron chi connectivity index (χ0n) is 34.4. The van der Waals surface area contributed by atoms with Crippen LogP contribution in [0.2, 0.25) is 0 Å². The molecule has 0 atom stereocenters. The molecular weight excluding hydrogens is 763 g/mol. The lowest BCUT2D eigenvalue weighted by Crippen LogP contribution is -1.96. The molecule has 0 aliphatic rings. The fourth-order valence-corrected chi connectivity index (χ4v) is 10.2. The molecule has 294 valence electrons. The summed E-state index contributed by atoms with van der Waals surface area (Å²) in [4.78, 5) is 0. The lowest BCUT2D eigenvalue weighted by Gasteiger charge is -2.12. The third-order valence-corrected chi connectivity index (χ3v) is 13.0. The van der Waals surface area contributed by atoms with Crippen LogP contribution >= 0.6 is 0 Å². The van der Waals surface area contributed by atoms with Gasteiger partial charge in [0.05, 0.1) is 33.1 Å². The molecule has 3 heteroatoms. The number of nitrogens with zero attached hydrogens (tertiary/aromatic N) is 3. The first-order valence-electron chi connectivity index (χ1n) is 21.7. The highest BCUT2D eigenvalue weighted by atomic mass is 15.0. The Bertz CT molecular complexity index is 3870. The van der Waals surface area contributed by atoms with E-state index in [1.54, 1.807) is 0 Å². The quantitative estimate of drug-likeness (QED) is 0.159. The van der Waals surface area contributed by atoms with Crippen LogP contribution in [0.25, 0.3) is 116 Å². The molecule has 0 aliphatic heterocycles. The first-order chi connectivity index (χ1) is 31.3. The predicted octanol–water partition coefficient (Wildman–Crippen LogP) is 16.0. The molecule has 3 aromatic heterocycles. The van der Waals surface area contributed by atoms with Crippen molar-refractivity contribution in [1.82, 2.24) is 13.7 Å². The third kappa shape index (κ3) is 5.53. The maximum atomic E-state index is 2.50. The van der Waals surface area contributed by atoms with Gasteiger partial charge in [0.15, 0.2) is 0 Å². The van der Waals surface area contributed by atoms with Gasteiger partial charge in [0, 0.05) is 49.4 Å². The van der Waals surface area contributed by atoms with Gasteiger partial charge >= 0.3 is 0 Å². The SMILES string of the molecule is c1ccc(-c2ccc(-n3c4ccccc4c4cc(-c5ccc6c(c5)c5ccc7c(c8ccccc8n7-c7ccccc7)c5n6-c5cccc(-c6ccccc6)c5)ccc43)cc2)cc1. The van der Waals surface area contributed by atoms with Crippen molar-refractivity contribution in [2.24, 2.45) is 0 Å². The van der Waals surface area contributed by atoms with E-state index in [-0.39, 0.29) is 0 Å². The normalized spacial score (nSPS) is 11.8. The van der Waals surface area contributed by atoms with E-state index in [0.717, 1.165) is 17.1 Å². The summed E-state index contributed by atoms with van der Waals surface area (Å²) in [5.41, 5.74) is 17.8. The molecule has 0 saturated carbocycles. The molecule has 10 aromatic carbocycles. The van der Waals surface area contributed by atoms with Crippen molar-refractivity contribution in [3.63, 3.8) is 0 Å². The number of benzene rings is 10. The maximum absolute atomic E-state index is 2.50. The van der Waals surface area contributed by atoms with Crippen LogP contribution < -0.4 is 0 Å². The molecule has 3 nitrogen and oxygen atoms in total. The molecule has 13 rings (SSSR count). The van der Waals surface area contributed by atoms with Crippen molar-refractivity contribution in [2.75, 3.05) is 0 Å². The van der Waals surface area contributed by atoms with Crippen LogP contribution in [-0.4, -0.2) is 13.7 Å². The molecule has 3 heterocycles. The van der Waals surface area contributed by atoms with E-state index in [4.69, 9.17) is 0 Å². The zero-order valence-corrected chi connectivity index (χ0v) is 34.4. The monoisotopic (exact) mass is 801 g/mol. The molecule has 0 amide bonds. The number of hydrogen-bond donors (Lipinski definition) is 0. The summed E-state index contributed by atoms with van der Waals surface area (Å²) in [6.07, 6.45) is 0. The van der Waals surface area contributed by atoms with Crippen molar-refractivity contribution in [3.05, 3.63) is 237 Å². The smallest absolute Gasteiger partial charge is 0.0641 e. The summed E-state index contributed by atoms with van der Waals surface area (Å²) < 4.78 is 7.33. The second-order valence-corrected chi connectivity index (χ2v) is 16.5. The van der Waals surface area contributed by atoms with Crippen LogP contribution in [0, 0.1) is 0 Å². The summed E-state index contributed by atoms with van der Waals surface area (Å²) in [6.45, 7) is 0. The first kappa shape index (κ1) is 35.4. The zero-order chi connectivity index (χ0) is 41.4. The Hall–Kier alpha value is -8.40. The van der Waals surface area contributed by atoms with Gasteiger partial charge in [0.1, 0.15) is 0 Å². The number of rotatable bonds is 6. The van der Waals surface area contributed by atoms with Gasteiger partial charge in [-0.1, -0.05) is 158 Å². The lowest BCUT2D eigenvalue weighted by atomic mass is 10.00. The molecule has 0 unspecified atom stereocenters. The van der Waals surface area contributed by atoms with E-state index in [0.29, 0.717) is 0 Å². The van der Waals surface area contributed by atoms with Crippen molar-refractivity contribution >= 4 is 65.4 Å². The summed E-state index contributed by atoms with van der Waals surface area (Å²) >= 11 is 0. The Morgan fingerprint density at radius 3 is 1.33 bits per heavy atom. The summed E-state index contributed by atoms with van der Waals surface area (Å²) in [6, 6.07) is 86.4. The predicted molar refractivity (Wildman–Crippen MR) is 266 cm³/mol. The second kappa shape index (κ2) is 14.1. The van der Waals surface area contributed by atoms with Crippen LogP contribution in [0.4, 0.5) is 0 Å². The summed E-state index contributed by atoms with van der Waals surface area (Å²) in [7, 11) is 0. The van der Waals surface area contributed by atoms with E-state index >= 15 is 0 Å². The molecule has 0 aliphatic carbocycles. The van der Waals surface area contributed by atoms with Gasteiger partial charge in [-0.3, -0.25) is 0 Å². The minimum Gasteiger partial charge on any atom is -0.309 e. The highest BCUT2D eigenvalue weighted by Crippen LogP contribution is 2.44. The summed E-state index contributed by atoms with van der Waals surface area (Å²) in [5, 5.41) is 7.44. The van der Waals surface area contributed by atoms with Gasteiger partial charge in [-0.2, -0.15) is 0 Å². The fourth-order valence-electron chi connectivity index (χ4n) is 10.2. The number of para-hydroxylation sites is 3. The highest BCUT2D eigenvalue weighted by Gasteiger charge is 2.22. The first-order valence-corrected chi connectivity index (χ1v) is 21.7. The van der Waals surface area contributed by atoms with Gasteiger partial charge in [-0.05, 0) is 112 Å². The largest absolute Gasteiger partial charge is 0.309 e. The van der Waals surface area contributed by atoms with Gasteiger partial charge in [0.2, 0.25) is 0 Å². The van der Waals surface area contributed by atoms with Crippen molar-refractivity contribution in [2.45, 2.75) is 0 Å². The van der Waals surface area contributed by atoms with Crippen LogP contribution in [0.1, 0.15) is 0 Å². The standard InChI is InChI=1S/C60H39N3/c1-4-15-40(16-5-1)42-27-31-47(32-28-42)61-54-25-12-10-23-49(54)52-38-44(29-34-56(52)61)45-30-35-57-53(39-45)50-33-36-58-59(51-24-11-13-26-55(51)62(58)46-20-8-3-9-21-46)60(50)63(57)48-22-14-19-43(37-48)41-17-6-2-7-18-41/h1-39H. The molecule has 63 heavy (non-hydrogen) atoms. The summed E-state index contributed by atoms with van der Waals surface area (Å²) in [5.74, 6) is 0. The highest BCUT2D eigenvalue weighted by molar-refractivity contribution is 6.26. The average Bonchev–Trinajstić information content (AvgIpc) is 4.00. The van der Waals surface area contributed by atoms with Crippen LogP contribution in [0.3, 0.4) is 0 Å². The number of fused-ring (bicyclic) bond motifs is 10. The van der Waals surface area contributed by atoms with Crippen molar-refractivity contribution < 1.29 is 0 Å². The van der Waals surface area contributed by atoms with Gasteiger partial charge in [0.25, 0.3) is 0 Å². The maximum Gasteiger partial charge on any atom is 0.0641 e. The van der Waals surface area contributed by atoms with Gasteiger partial charge < -0.3 is 13.7 Å². The molecule has 0 radical (unpaired) electrons.